The number of ether oxygens (including phenoxy) is 1. The smallest absolute Gasteiger partial charge is 0.250 e. The van der Waals surface area contributed by atoms with Gasteiger partial charge in [-0.25, -0.2) is 4.68 Å². The van der Waals surface area contributed by atoms with Crippen LogP contribution in [0.3, 0.4) is 0 Å². The van der Waals surface area contributed by atoms with Gasteiger partial charge in [-0.1, -0.05) is 65.7 Å². The molecule has 3 unspecified atom stereocenters. The second-order valence-corrected chi connectivity index (χ2v) is 12.8. The maximum absolute atomic E-state index is 14.8. The second kappa shape index (κ2) is 11.9. The lowest BCUT2D eigenvalue weighted by Gasteiger charge is -2.40. The van der Waals surface area contributed by atoms with Crippen molar-refractivity contribution in [3.8, 4) is 0 Å². The topological polar surface area (TPSA) is 121 Å². The van der Waals surface area contributed by atoms with Crippen molar-refractivity contribution in [1.29, 1.82) is 0 Å². The molecule has 2 bridgehead atoms. The number of likely N-dealkylation sites (N-methyl/N-ethyl adjacent to an activating group) is 1. The van der Waals surface area contributed by atoms with Crippen molar-refractivity contribution in [2.75, 3.05) is 26.7 Å². The molecule has 3 aliphatic heterocycles. The van der Waals surface area contributed by atoms with Crippen molar-refractivity contribution in [3.05, 3.63) is 49.6 Å². The molecule has 42 heavy (non-hydrogen) atoms. The summed E-state index contributed by atoms with van der Waals surface area (Å²) in [7, 11) is 1.68. The van der Waals surface area contributed by atoms with Crippen LogP contribution in [0.15, 0.2) is 49.6 Å². The van der Waals surface area contributed by atoms with Crippen LogP contribution in [0.4, 0.5) is 0 Å². The molecule has 8 atom stereocenters. The fraction of sp³-hybridized carbons (Fsp3) is 0.567. The molecule has 1 N–H and O–H groups in total. The van der Waals surface area contributed by atoms with Gasteiger partial charge in [0.1, 0.15) is 23.8 Å². The maximum atomic E-state index is 14.8. The number of para-hydroxylation sites is 1. The van der Waals surface area contributed by atoms with Crippen LogP contribution in [0.25, 0.3) is 11.0 Å². The highest BCUT2D eigenvalue weighted by atomic mass is 79.9. The van der Waals surface area contributed by atoms with Crippen LogP contribution in [0.5, 0.6) is 0 Å². The number of likely N-dealkylation sites (tertiary alicyclic amines) is 1. The first-order valence-electron chi connectivity index (χ1n) is 14.4. The van der Waals surface area contributed by atoms with Gasteiger partial charge in [0.15, 0.2) is 0 Å². The molecule has 4 heterocycles. The molecular formula is C30H39BrN6O5. The normalized spacial score (nSPS) is 29.4. The number of carbonyl (C=O) groups is 3. The summed E-state index contributed by atoms with van der Waals surface area (Å²) in [6, 6.07) is 5.79. The number of fused-ring (bicyclic) bond motifs is 2. The van der Waals surface area contributed by atoms with Gasteiger partial charge in [0.25, 0.3) is 0 Å². The molecule has 0 aliphatic carbocycles. The first-order chi connectivity index (χ1) is 20.1. The van der Waals surface area contributed by atoms with E-state index in [0.717, 1.165) is 5.52 Å². The Kier molecular flexibility index (Phi) is 8.60. The van der Waals surface area contributed by atoms with Gasteiger partial charge in [-0.2, -0.15) is 0 Å². The lowest BCUT2D eigenvalue weighted by atomic mass is 9.70. The maximum Gasteiger partial charge on any atom is 0.250 e. The molecule has 1 spiro atoms. The third-order valence-corrected chi connectivity index (χ3v) is 10.1. The molecule has 1 aromatic carbocycles. The summed E-state index contributed by atoms with van der Waals surface area (Å²) in [5, 5.41) is 19.1. The van der Waals surface area contributed by atoms with Crippen molar-refractivity contribution in [1.82, 2.24) is 29.7 Å². The van der Waals surface area contributed by atoms with Crippen LogP contribution in [0.1, 0.15) is 26.7 Å². The molecule has 5 rings (SSSR count). The third kappa shape index (κ3) is 4.67. The largest absolute Gasteiger partial charge is 0.394 e. The van der Waals surface area contributed by atoms with Gasteiger partial charge >= 0.3 is 0 Å². The van der Waals surface area contributed by atoms with Crippen LogP contribution in [-0.4, -0.2) is 108 Å². The average Bonchev–Trinajstić information content (AvgIpc) is 3.70. The summed E-state index contributed by atoms with van der Waals surface area (Å²) in [6.07, 6.45) is 3.75. The van der Waals surface area contributed by atoms with E-state index in [1.165, 1.54) is 4.90 Å². The summed E-state index contributed by atoms with van der Waals surface area (Å²) >= 11 is 3.72. The van der Waals surface area contributed by atoms with Crippen LogP contribution in [0.2, 0.25) is 0 Å². The molecule has 3 fully saturated rings. The Bertz CT molecular complexity index is 1380. The monoisotopic (exact) mass is 642 g/mol. The number of hydrogen-bond acceptors (Lipinski definition) is 7. The standard InChI is InChI=1S/C30H39BrN6O5/c1-6-13-34(5)27(39)23-24-28(40)37(22(16-38)18(4)8-3)26(30(24)15-19(31)25(23)42-30)29(41)35(14-7-2)17-36-21-12-10-9-11-20(21)32-33-36/h6-7,9-12,18-19,22-26,38H,1-2,8,13-17H2,3-5H3/t18-,19?,22-,23-,24-,25-,26?,30?/m0/s1. The van der Waals surface area contributed by atoms with E-state index >= 15 is 0 Å². The van der Waals surface area contributed by atoms with Crippen molar-refractivity contribution < 1.29 is 24.2 Å². The number of carbonyl (C=O) groups excluding carboxylic acids is 3. The second-order valence-electron chi connectivity index (χ2n) is 11.6. The lowest BCUT2D eigenvalue weighted by molar-refractivity contribution is -0.154. The molecular weight excluding hydrogens is 604 g/mol. The molecule has 12 heteroatoms. The van der Waals surface area contributed by atoms with Crippen LogP contribution in [0, 0.1) is 17.8 Å². The molecule has 226 valence electrons. The Morgan fingerprint density at radius 2 is 1.98 bits per heavy atom. The van der Waals surface area contributed by atoms with E-state index in [-0.39, 0.29) is 48.3 Å². The third-order valence-electron chi connectivity index (χ3n) is 9.26. The molecule has 11 nitrogen and oxygen atoms in total. The number of halogens is 1. The quantitative estimate of drug-likeness (QED) is 0.278. The van der Waals surface area contributed by atoms with Crippen LogP contribution >= 0.6 is 15.9 Å². The lowest BCUT2D eigenvalue weighted by Crippen LogP contribution is -2.60. The Hall–Kier alpha value is -3.09. The minimum absolute atomic E-state index is 0.0728. The number of alkyl halides is 1. The molecule has 1 aromatic heterocycles. The molecule has 3 saturated heterocycles. The van der Waals surface area contributed by atoms with Gasteiger partial charge in [0.2, 0.25) is 17.7 Å². The van der Waals surface area contributed by atoms with Crippen LogP contribution < -0.4 is 0 Å². The summed E-state index contributed by atoms with van der Waals surface area (Å²) < 4.78 is 8.30. The first kappa shape index (κ1) is 30.4. The van der Waals surface area contributed by atoms with Crippen molar-refractivity contribution >= 4 is 44.7 Å². The SMILES string of the molecule is C=CCN(C)C(=O)[C@H]1[C@H]2C(=O)N([C@@H](CO)[C@@H](C)CC)C(C(=O)N(CC=C)Cn3nnc4ccccc43)C23CC(Br)[C@@H]1O3. The van der Waals surface area contributed by atoms with Crippen LogP contribution in [-0.2, 0) is 25.8 Å². The minimum Gasteiger partial charge on any atom is -0.394 e. The average molecular weight is 644 g/mol. The van der Waals surface area contributed by atoms with Gasteiger partial charge in [0.05, 0.1) is 36.1 Å². The first-order valence-corrected chi connectivity index (χ1v) is 15.3. The highest BCUT2D eigenvalue weighted by Crippen LogP contribution is 2.61. The fourth-order valence-corrected chi connectivity index (χ4v) is 8.01. The molecule has 0 radical (unpaired) electrons. The fourth-order valence-electron chi connectivity index (χ4n) is 7.07. The molecule has 0 saturated carbocycles. The molecule has 3 amide bonds. The van der Waals surface area contributed by atoms with Gasteiger partial charge in [-0.15, -0.1) is 18.3 Å². The molecule has 2 aromatic rings. The number of aliphatic hydroxyl groups excluding tert-OH is 1. The number of aromatic nitrogens is 3. The van der Waals surface area contributed by atoms with Gasteiger partial charge in [-0.3, -0.25) is 14.4 Å². The molecule has 3 aliphatic rings. The van der Waals surface area contributed by atoms with E-state index in [4.69, 9.17) is 4.74 Å². The zero-order valence-electron chi connectivity index (χ0n) is 24.3. The number of rotatable bonds is 12. The van der Waals surface area contributed by atoms with Gasteiger partial charge < -0.3 is 24.5 Å². The van der Waals surface area contributed by atoms with Crippen molar-refractivity contribution in [2.45, 2.75) is 62.0 Å². The van der Waals surface area contributed by atoms with Crippen molar-refractivity contribution in [3.63, 3.8) is 0 Å². The van der Waals surface area contributed by atoms with E-state index in [1.807, 2.05) is 38.1 Å². The van der Waals surface area contributed by atoms with E-state index in [1.54, 1.807) is 33.7 Å². The Labute approximate surface area is 254 Å². The number of benzene rings is 1. The van der Waals surface area contributed by atoms with E-state index in [9.17, 15) is 19.5 Å². The van der Waals surface area contributed by atoms with Crippen molar-refractivity contribution in [2.24, 2.45) is 17.8 Å². The van der Waals surface area contributed by atoms with E-state index in [2.05, 4.69) is 39.4 Å². The zero-order valence-corrected chi connectivity index (χ0v) is 25.9. The zero-order chi connectivity index (χ0) is 30.3. The highest BCUT2D eigenvalue weighted by molar-refractivity contribution is 9.09. The predicted octanol–water partition coefficient (Wildman–Crippen LogP) is 2.20. The summed E-state index contributed by atoms with van der Waals surface area (Å²) in [5.41, 5.74) is 0.214. The number of hydrogen-bond donors (Lipinski definition) is 1. The number of aliphatic hydroxyl groups is 1. The Morgan fingerprint density at radius 3 is 2.64 bits per heavy atom. The number of amides is 3. The Morgan fingerprint density at radius 1 is 1.26 bits per heavy atom. The van der Waals surface area contributed by atoms with Gasteiger partial charge in [-0.05, 0) is 24.5 Å². The Balaban J connectivity index is 1.60. The summed E-state index contributed by atoms with van der Waals surface area (Å²) in [4.78, 5) is 47.5. The minimum atomic E-state index is -1.24. The number of nitrogens with zero attached hydrogens (tertiary/aromatic N) is 6. The predicted molar refractivity (Wildman–Crippen MR) is 160 cm³/mol. The van der Waals surface area contributed by atoms with Gasteiger partial charge in [0, 0.05) is 25.0 Å². The highest BCUT2D eigenvalue weighted by Gasteiger charge is 2.77. The summed E-state index contributed by atoms with van der Waals surface area (Å²) in [5.74, 6) is -2.64. The van der Waals surface area contributed by atoms with E-state index < -0.39 is 35.6 Å². The van der Waals surface area contributed by atoms with E-state index in [0.29, 0.717) is 24.9 Å². The summed E-state index contributed by atoms with van der Waals surface area (Å²) in [6.45, 7) is 11.8.